The van der Waals surface area contributed by atoms with Crippen LogP contribution in [0.3, 0.4) is 0 Å². The van der Waals surface area contributed by atoms with Crippen LogP contribution in [-0.4, -0.2) is 46.9 Å². The largest absolute Gasteiger partial charge is 0.383 e. The number of carbonyl (C=O) groups excluding carboxylic acids is 1. The monoisotopic (exact) mass is 281 g/mol. The van der Waals surface area contributed by atoms with Crippen LogP contribution in [0.1, 0.15) is 24.2 Å². The van der Waals surface area contributed by atoms with Crippen LogP contribution in [-0.2, 0) is 0 Å². The predicted molar refractivity (Wildman–Crippen MR) is 75.4 cm³/mol. The molecule has 0 atom stereocenters. The Morgan fingerprint density at radius 3 is 2.65 bits per heavy atom. The van der Waals surface area contributed by atoms with Crippen molar-refractivity contribution in [1.82, 2.24) is 15.2 Å². The Hall–Kier alpha value is -2.22. The summed E-state index contributed by atoms with van der Waals surface area (Å²) < 4.78 is 0. The number of nitrogen functional groups attached to an aromatic ring is 1. The van der Waals surface area contributed by atoms with Gasteiger partial charge in [-0.15, -0.1) is 0 Å². The molecule has 20 heavy (non-hydrogen) atoms. The highest BCUT2D eigenvalue weighted by Gasteiger charge is 2.23. The van der Waals surface area contributed by atoms with E-state index >= 15 is 0 Å². The van der Waals surface area contributed by atoms with E-state index in [9.17, 15) is 14.9 Å². The number of rotatable bonds is 5. The number of amides is 1. The molecular formula is C12H19N5O3. The van der Waals surface area contributed by atoms with Crippen molar-refractivity contribution in [1.29, 1.82) is 0 Å². The number of nitrogens with one attached hydrogen (secondary N) is 1. The first-order chi connectivity index (χ1) is 9.15. The van der Waals surface area contributed by atoms with Crippen molar-refractivity contribution in [3.63, 3.8) is 0 Å². The van der Waals surface area contributed by atoms with Crippen molar-refractivity contribution in [2.45, 2.75) is 19.4 Å². The SMILES string of the molecule is CN(C)C(C)(C)CNC(=O)c1cc([N+](=O)[O-])cnc1N. The van der Waals surface area contributed by atoms with Gasteiger partial charge in [0.1, 0.15) is 12.0 Å². The summed E-state index contributed by atoms with van der Waals surface area (Å²) in [7, 11) is 3.80. The van der Waals surface area contributed by atoms with E-state index in [0.29, 0.717) is 6.54 Å². The van der Waals surface area contributed by atoms with E-state index in [4.69, 9.17) is 5.73 Å². The molecule has 1 aromatic rings. The summed E-state index contributed by atoms with van der Waals surface area (Å²) in [6.07, 6.45) is 1.02. The highest BCUT2D eigenvalue weighted by atomic mass is 16.6. The van der Waals surface area contributed by atoms with Gasteiger partial charge >= 0.3 is 0 Å². The predicted octanol–water partition coefficient (Wildman–Crippen LogP) is 0.642. The highest BCUT2D eigenvalue weighted by molar-refractivity contribution is 5.98. The van der Waals surface area contributed by atoms with Crippen LogP contribution in [0.4, 0.5) is 11.5 Å². The van der Waals surface area contributed by atoms with Crippen molar-refractivity contribution in [2.75, 3.05) is 26.4 Å². The Kier molecular flexibility index (Phi) is 4.61. The third-order valence-electron chi connectivity index (χ3n) is 3.25. The van der Waals surface area contributed by atoms with Crippen LogP contribution in [0.5, 0.6) is 0 Å². The van der Waals surface area contributed by atoms with Gasteiger partial charge in [0.25, 0.3) is 11.6 Å². The Morgan fingerprint density at radius 2 is 2.15 bits per heavy atom. The zero-order valence-corrected chi connectivity index (χ0v) is 12.0. The molecule has 0 aliphatic carbocycles. The van der Waals surface area contributed by atoms with Gasteiger partial charge in [0, 0.05) is 18.2 Å². The summed E-state index contributed by atoms with van der Waals surface area (Å²) in [6, 6.07) is 1.13. The van der Waals surface area contributed by atoms with Crippen LogP contribution < -0.4 is 11.1 Å². The normalized spacial score (nSPS) is 11.4. The fraction of sp³-hybridized carbons (Fsp3) is 0.500. The lowest BCUT2D eigenvalue weighted by Crippen LogP contribution is -2.48. The molecule has 1 rings (SSSR count). The Labute approximate surface area is 117 Å². The van der Waals surface area contributed by atoms with Gasteiger partial charge in [-0.25, -0.2) is 4.98 Å². The van der Waals surface area contributed by atoms with Gasteiger partial charge in [-0.05, 0) is 27.9 Å². The maximum Gasteiger partial charge on any atom is 0.288 e. The summed E-state index contributed by atoms with van der Waals surface area (Å²) in [4.78, 5) is 27.7. The maximum absolute atomic E-state index is 12.0. The lowest BCUT2D eigenvalue weighted by Gasteiger charge is -2.32. The first-order valence-corrected chi connectivity index (χ1v) is 6.00. The number of hydrogen-bond donors (Lipinski definition) is 2. The third-order valence-corrected chi connectivity index (χ3v) is 3.25. The average Bonchev–Trinajstić information content (AvgIpc) is 2.36. The summed E-state index contributed by atoms with van der Waals surface area (Å²) in [6.45, 7) is 4.30. The molecule has 0 radical (unpaired) electrons. The van der Waals surface area contributed by atoms with Crippen LogP contribution in [0.2, 0.25) is 0 Å². The standard InChI is InChI=1S/C12H19N5O3/c1-12(2,16(3)4)7-15-11(18)9-5-8(17(19)20)6-14-10(9)13/h5-6H,7H2,1-4H3,(H2,13,14)(H,15,18). The number of carbonyl (C=O) groups is 1. The summed E-state index contributed by atoms with van der Waals surface area (Å²) in [5.74, 6) is -0.510. The molecule has 110 valence electrons. The van der Waals surface area contributed by atoms with E-state index in [1.165, 1.54) is 0 Å². The number of pyridine rings is 1. The van der Waals surface area contributed by atoms with Gasteiger partial charge in [-0.1, -0.05) is 0 Å². The lowest BCUT2D eigenvalue weighted by atomic mass is 10.0. The summed E-state index contributed by atoms with van der Waals surface area (Å²) >= 11 is 0. The van der Waals surface area contributed by atoms with E-state index in [1.807, 2.05) is 32.8 Å². The van der Waals surface area contributed by atoms with Crippen molar-refractivity contribution in [2.24, 2.45) is 0 Å². The molecule has 0 unspecified atom stereocenters. The minimum atomic E-state index is -0.618. The Balaban J connectivity index is 2.88. The number of hydrogen-bond acceptors (Lipinski definition) is 6. The van der Waals surface area contributed by atoms with E-state index < -0.39 is 10.8 Å². The Bertz CT molecular complexity index is 528. The molecule has 8 heteroatoms. The van der Waals surface area contributed by atoms with Gasteiger partial charge < -0.3 is 16.0 Å². The molecule has 0 fully saturated rings. The number of anilines is 1. The zero-order valence-electron chi connectivity index (χ0n) is 12.0. The summed E-state index contributed by atoms with van der Waals surface area (Å²) in [5, 5.41) is 13.4. The van der Waals surface area contributed by atoms with E-state index in [1.54, 1.807) is 0 Å². The molecule has 1 amide bonds. The lowest BCUT2D eigenvalue weighted by molar-refractivity contribution is -0.385. The second kappa shape index (κ2) is 5.83. The minimum absolute atomic E-state index is 0.00811. The summed E-state index contributed by atoms with van der Waals surface area (Å²) in [5.41, 5.74) is 5.07. The van der Waals surface area contributed by atoms with Gasteiger partial charge in [-0.3, -0.25) is 14.9 Å². The molecule has 3 N–H and O–H groups in total. The van der Waals surface area contributed by atoms with Gasteiger partial charge in [0.2, 0.25) is 0 Å². The molecule has 1 aromatic heterocycles. The van der Waals surface area contributed by atoms with Crippen LogP contribution in [0, 0.1) is 10.1 Å². The fourth-order valence-corrected chi connectivity index (χ4v) is 1.30. The van der Waals surface area contributed by atoms with Crippen LogP contribution >= 0.6 is 0 Å². The quantitative estimate of drug-likeness (QED) is 0.604. The molecule has 0 aliphatic rings. The van der Waals surface area contributed by atoms with Crippen molar-refractivity contribution < 1.29 is 9.72 Å². The number of nitro groups is 1. The molecule has 0 aromatic carbocycles. The minimum Gasteiger partial charge on any atom is -0.383 e. The fourth-order valence-electron chi connectivity index (χ4n) is 1.30. The second-order valence-electron chi connectivity index (χ2n) is 5.27. The van der Waals surface area contributed by atoms with Gasteiger partial charge in [-0.2, -0.15) is 0 Å². The first-order valence-electron chi connectivity index (χ1n) is 6.00. The van der Waals surface area contributed by atoms with Crippen molar-refractivity contribution in [3.05, 3.63) is 27.9 Å². The van der Waals surface area contributed by atoms with E-state index in [-0.39, 0.29) is 22.6 Å². The molecule has 1 heterocycles. The van der Waals surface area contributed by atoms with Gasteiger partial charge in [0.05, 0.1) is 10.5 Å². The second-order valence-corrected chi connectivity index (χ2v) is 5.27. The zero-order chi connectivity index (χ0) is 15.5. The number of aromatic nitrogens is 1. The molecule has 0 spiro atoms. The average molecular weight is 281 g/mol. The number of likely N-dealkylation sites (N-methyl/N-ethyl adjacent to an activating group) is 1. The van der Waals surface area contributed by atoms with Gasteiger partial charge in [0.15, 0.2) is 0 Å². The molecule has 0 bridgehead atoms. The molecule has 8 nitrogen and oxygen atoms in total. The number of nitrogens with two attached hydrogens (primary N) is 1. The number of nitrogens with zero attached hydrogens (tertiary/aromatic N) is 3. The van der Waals surface area contributed by atoms with Crippen LogP contribution in [0.15, 0.2) is 12.3 Å². The van der Waals surface area contributed by atoms with Crippen molar-refractivity contribution in [3.8, 4) is 0 Å². The maximum atomic E-state index is 12.0. The van der Waals surface area contributed by atoms with Crippen molar-refractivity contribution >= 4 is 17.4 Å². The first kappa shape index (κ1) is 15.8. The van der Waals surface area contributed by atoms with E-state index in [0.717, 1.165) is 12.3 Å². The molecule has 0 saturated heterocycles. The Morgan fingerprint density at radius 1 is 1.55 bits per heavy atom. The van der Waals surface area contributed by atoms with Crippen LogP contribution in [0.25, 0.3) is 0 Å². The molecule has 0 aliphatic heterocycles. The molecule has 0 saturated carbocycles. The topological polar surface area (TPSA) is 114 Å². The highest BCUT2D eigenvalue weighted by Crippen LogP contribution is 2.17. The smallest absolute Gasteiger partial charge is 0.288 e. The van der Waals surface area contributed by atoms with E-state index in [2.05, 4.69) is 10.3 Å². The third kappa shape index (κ3) is 3.64. The molecular weight excluding hydrogens is 262 g/mol.